The monoisotopic (exact) mass is 2030 g/mol. The largest absolute Gasteiger partial charge is 0.226 e. The molecule has 18 rings (SSSR count). The Balaban J connectivity index is -0.000000144. The van der Waals surface area contributed by atoms with Crippen molar-refractivity contribution >= 4 is 0 Å². The van der Waals surface area contributed by atoms with Crippen LogP contribution in [0.3, 0.4) is 0 Å². The van der Waals surface area contributed by atoms with Crippen molar-refractivity contribution in [1.82, 2.24) is 0 Å². The van der Waals surface area contributed by atoms with Gasteiger partial charge in [0.2, 0.25) is 0 Å². The van der Waals surface area contributed by atoms with Crippen molar-refractivity contribution in [2.24, 2.45) is 0 Å². The van der Waals surface area contributed by atoms with Gasteiger partial charge in [-0.05, 0) is 89.0 Å². The van der Waals surface area contributed by atoms with Gasteiger partial charge in [-0.2, -0.15) is 133 Å². The summed E-state index contributed by atoms with van der Waals surface area (Å²) < 4.78 is 0. The van der Waals surface area contributed by atoms with Gasteiger partial charge in [-0.1, -0.05) is 506 Å². The smallest absolute Gasteiger partial charge is 0.0725 e. The predicted molar refractivity (Wildman–Crippen MR) is 607 cm³/mol. The van der Waals surface area contributed by atoms with Crippen LogP contribution >= 0.6 is 0 Å². The van der Waals surface area contributed by atoms with Crippen LogP contribution < -0.4 is 0 Å². The first-order valence-corrected chi connectivity index (χ1v) is 51.6. The number of hydrogen-bond donors (Lipinski definition) is 0. The molecule has 0 atom stereocenters. The minimum absolute atomic E-state index is 0. The molecule has 4 aliphatic carbocycles. The van der Waals surface area contributed by atoms with E-state index in [1.54, 1.807) is 0 Å². The summed E-state index contributed by atoms with van der Waals surface area (Å²) in [6, 6.07) is 133. The second-order valence-electron chi connectivity index (χ2n) is 23.0. The van der Waals surface area contributed by atoms with Crippen LogP contribution in [0, 0.1) is 57.2 Å². The van der Waals surface area contributed by atoms with Crippen molar-refractivity contribution in [2.45, 2.75) is 322 Å². The first-order valence-electron chi connectivity index (χ1n) is 51.6. The molecule has 14 aromatic carbocycles. The summed E-state index contributed by atoms with van der Waals surface area (Å²) in [6.07, 6.45) is 0. The van der Waals surface area contributed by atoms with Crippen molar-refractivity contribution in [2.75, 3.05) is 0 Å². The summed E-state index contributed by atoms with van der Waals surface area (Å²) in [7, 11) is 0. The molecular weight excluding hydrogens is 1840 g/mol. The number of benzene rings is 14. The fourth-order valence-electron chi connectivity index (χ4n) is 13.9. The minimum atomic E-state index is -0.180. The molecule has 0 heterocycles. The Hall–Kier alpha value is -7.61. The van der Waals surface area contributed by atoms with Crippen LogP contribution in [0.15, 0.2) is 322 Å². The summed E-state index contributed by atoms with van der Waals surface area (Å²) in [5.74, 6) is 0. The zero-order valence-electron chi connectivity index (χ0n) is 93.8. The average Bonchev–Trinajstić information content (AvgIpc) is 1.52. The zero-order valence-corrected chi connectivity index (χ0v) is 102. The van der Waals surface area contributed by atoms with E-state index in [1.807, 2.05) is 401 Å². The molecule has 727 valence electrons. The Labute approximate surface area is 908 Å². The molecular formula is C131H188Y3-6. The number of rotatable bonds is 3. The van der Waals surface area contributed by atoms with E-state index in [-0.39, 0.29) is 109 Å². The molecule has 0 saturated heterocycles. The van der Waals surface area contributed by atoms with Gasteiger partial charge in [0.05, 0.1) is 10.8 Å². The number of aryl methyl sites for hydroxylation is 3. The predicted octanol–water partition coefficient (Wildman–Crippen LogP) is 43.4. The van der Waals surface area contributed by atoms with Gasteiger partial charge in [-0.15, -0.1) is 47.0 Å². The van der Waals surface area contributed by atoms with E-state index in [4.69, 9.17) is 0 Å². The molecule has 0 bridgehead atoms. The van der Waals surface area contributed by atoms with E-state index in [0.717, 1.165) is 38.9 Å². The summed E-state index contributed by atoms with van der Waals surface area (Å²) >= 11 is 0. The molecule has 2 spiro atoms. The zero-order chi connectivity index (χ0) is 102. The maximum atomic E-state index is 3.29. The van der Waals surface area contributed by atoms with E-state index in [0.29, 0.717) is 0 Å². The molecule has 0 saturated carbocycles. The first kappa shape index (κ1) is 149. The van der Waals surface area contributed by atoms with Gasteiger partial charge in [0.15, 0.2) is 0 Å². The summed E-state index contributed by atoms with van der Waals surface area (Å²) in [5, 5.41) is 0. The van der Waals surface area contributed by atoms with Gasteiger partial charge in [0.25, 0.3) is 0 Å². The molecule has 0 unspecified atom stereocenters. The fraction of sp³-hybridized carbons (Fsp3) is 0.359. The molecule has 14 aromatic rings. The molecule has 0 fully saturated rings. The molecule has 0 N–H and O–H groups in total. The maximum absolute atomic E-state index is 3.29. The first-order chi connectivity index (χ1) is 64.9. The Kier molecular flexibility index (Phi) is 113. The quantitative estimate of drug-likeness (QED) is 0.155. The molecule has 0 aromatic heterocycles. The van der Waals surface area contributed by atoms with Crippen LogP contribution in [0.4, 0.5) is 0 Å². The summed E-state index contributed by atoms with van der Waals surface area (Å²) in [6.45, 7) is 90.2. The van der Waals surface area contributed by atoms with Crippen LogP contribution in [0.25, 0.3) is 77.9 Å². The Bertz CT molecular complexity index is 4180. The van der Waals surface area contributed by atoms with Crippen LogP contribution in [-0.2, 0) is 109 Å². The number of hydrogen-bond acceptors (Lipinski definition) is 0. The molecule has 134 heavy (non-hydrogen) atoms. The topological polar surface area (TPSA) is 0 Å². The van der Waals surface area contributed by atoms with E-state index >= 15 is 0 Å². The fourth-order valence-corrected chi connectivity index (χ4v) is 13.9. The Morgan fingerprint density at radius 1 is 0.157 bits per heavy atom. The Morgan fingerprint density at radius 2 is 0.351 bits per heavy atom. The van der Waals surface area contributed by atoms with Crippen LogP contribution in [0.2, 0.25) is 0 Å². The molecule has 0 amide bonds. The van der Waals surface area contributed by atoms with Crippen LogP contribution in [0.1, 0.15) is 352 Å². The van der Waals surface area contributed by atoms with Gasteiger partial charge >= 0.3 is 0 Å². The number of fused-ring (bicyclic) bond motifs is 20. The van der Waals surface area contributed by atoms with E-state index in [2.05, 4.69) is 269 Å². The molecule has 4 aliphatic rings. The SMILES string of the molecule is CC.CC.CC.CC.CC.CC.CC.CC.CC.CC.CC.CC.CC.CC.CC.CC.CC.CC.CC.CC.CC.Cc1[c-]c(-c2[c-]cccc2)ccc1.Cc1c[c-]c(-c2[c-]cccc2)cc1.Cc1cc[c-]c(-c2[c-]cccc2)c1.[Y].[Y].[Y].c1ccc2c(c1)-c1ccccc1C21c2ccccc2-c2ccccc21.c1ccc2c(c1)-c1ccccc1C21c2ccccc2-c2ccccc21. The van der Waals surface area contributed by atoms with Crippen molar-refractivity contribution < 1.29 is 98.1 Å². The van der Waals surface area contributed by atoms with Crippen molar-refractivity contribution in [3.8, 4) is 77.9 Å². The third-order valence-electron chi connectivity index (χ3n) is 17.7. The third-order valence-corrected chi connectivity index (χ3v) is 17.7. The molecule has 0 aliphatic heterocycles. The van der Waals surface area contributed by atoms with E-state index < -0.39 is 0 Å². The van der Waals surface area contributed by atoms with Crippen molar-refractivity contribution in [3.63, 3.8) is 0 Å². The van der Waals surface area contributed by atoms with Gasteiger partial charge in [-0.25, -0.2) is 33.4 Å². The van der Waals surface area contributed by atoms with Gasteiger partial charge < -0.3 is 0 Å². The summed E-state index contributed by atoms with van der Waals surface area (Å²) in [4.78, 5) is 0. The van der Waals surface area contributed by atoms with Crippen molar-refractivity contribution in [3.05, 3.63) is 419 Å². The average molecular weight is 2030 g/mol. The van der Waals surface area contributed by atoms with Gasteiger partial charge in [0.1, 0.15) is 0 Å². The Morgan fingerprint density at radius 3 is 0.552 bits per heavy atom. The van der Waals surface area contributed by atoms with E-state index in [9.17, 15) is 0 Å². The minimum Gasteiger partial charge on any atom is -0.226 e. The van der Waals surface area contributed by atoms with Gasteiger partial charge in [-0.3, -0.25) is 0 Å². The maximum Gasteiger partial charge on any atom is 0.0725 e. The van der Waals surface area contributed by atoms with Crippen LogP contribution in [-0.4, -0.2) is 0 Å². The summed E-state index contributed by atoms with van der Waals surface area (Å²) in [5.41, 5.74) is 32.1. The standard InChI is InChI=1S/2C25H16.3C13H10.21C2H6.3Y/c2*1-5-13-21-17(9-1)18-10-2-6-14-22(18)25(21)23-15-7-3-11-19(23)20-12-4-8-16-24(20)25;2*1-11-6-5-9-13(10-11)12-7-3-2-4-8-12;1-11-7-9-13(10-8-11)12-5-3-2-4-6-12;21*1-2;;;/h2*1-16H;2-7,10H,1H3;2-7,9H,1H3;2-5,7-9H,1H3;21*1-2H3;;;/q;;3*-2;;;;;;;;;;;;;;;;;;;;;;;;. The van der Waals surface area contributed by atoms with Gasteiger partial charge in [0, 0.05) is 98.1 Å². The third kappa shape index (κ3) is 42.8. The molecule has 3 heteroatoms. The second-order valence-corrected chi connectivity index (χ2v) is 23.0. The second kappa shape index (κ2) is 101. The molecule has 3 radical (unpaired) electrons. The normalized spacial score (nSPS) is 9.32. The van der Waals surface area contributed by atoms with Crippen molar-refractivity contribution in [1.29, 1.82) is 0 Å². The van der Waals surface area contributed by atoms with Crippen LogP contribution in [0.5, 0.6) is 0 Å². The molecule has 0 nitrogen and oxygen atoms in total. The van der Waals surface area contributed by atoms with E-state index in [1.165, 1.54) is 100 Å².